The van der Waals surface area contributed by atoms with E-state index in [9.17, 15) is 5.11 Å². The lowest BCUT2D eigenvalue weighted by Crippen LogP contribution is -2.33. The number of H-pyrrole nitrogens is 1. The minimum atomic E-state index is -0.711. The topological polar surface area (TPSA) is 45.2 Å². The van der Waals surface area contributed by atoms with Crippen LogP contribution < -0.4 is 0 Å². The highest BCUT2D eigenvalue weighted by atomic mass is 16.5. The summed E-state index contributed by atoms with van der Waals surface area (Å²) >= 11 is 0. The number of rotatable bonds is 1. The molecule has 2 aromatic rings. The fourth-order valence-electron chi connectivity index (χ4n) is 2.34. The second-order valence-corrected chi connectivity index (χ2v) is 4.42. The number of fused-ring (bicyclic) bond motifs is 1. The van der Waals surface area contributed by atoms with Crippen molar-refractivity contribution in [1.29, 1.82) is 0 Å². The molecule has 0 spiro atoms. The average molecular weight is 217 g/mol. The minimum Gasteiger partial charge on any atom is -0.385 e. The summed E-state index contributed by atoms with van der Waals surface area (Å²) < 4.78 is 5.29. The van der Waals surface area contributed by atoms with Gasteiger partial charge in [-0.2, -0.15) is 0 Å². The van der Waals surface area contributed by atoms with Crippen LogP contribution in [-0.2, 0) is 10.3 Å². The zero-order chi connectivity index (χ0) is 11.0. The molecular weight excluding hydrogens is 202 g/mol. The number of ether oxygens (including phenoxy) is 1. The third kappa shape index (κ3) is 1.52. The van der Waals surface area contributed by atoms with E-state index in [1.54, 1.807) is 0 Å². The molecule has 84 valence electrons. The fraction of sp³-hybridized carbons (Fsp3) is 0.385. The number of nitrogens with one attached hydrogen (secondary N) is 1. The Morgan fingerprint density at radius 3 is 2.81 bits per heavy atom. The normalized spacial score (nSPS) is 20.1. The molecule has 1 aliphatic rings. The van der Waals surface area contributed by atoms with E-state index in [-0.39, 0.29) is 0 Å². The van der Waals surface area contributed by atoms with Crippen molar-refractivity contribution in [2.24, 2.45) is 0 Å². The van der Waals surface area contributed by atoms with E-state index in [0.717, 1.165) is 11.1 Å². The van der Waals surface area contributed by atoms with Gasteiger partial charge in [-0.15, -0.1) is 0 Å². The van der Waals surface area contributed by atoms with Crippen LogP contribution in [0.5, 0.6) is 0 Å². The molecule has 1 saturated heterocycles. The summed E-state index contributed by atoms with van der Waals surface area (Å²) in [6.07, 6.45) is 3.28. The molecule has 0 bridgehead atoms. The molecule has 3 nitrogen and oxygen atoms in total. The predicted octanol–water partition coefficient (Wildman–Crippen LogP) is 2.17. The first-order chi connectivity index (χ1) is 7.78. The summed E-state index contributed by atoms with van der Waals surface area (Å²) in [5.74, 6) is 0. The van der Waals surface area contributed by atoms with E-state index in [1.165, 1.54) is 5.39 Å². The molecule has 1 aliphatic heterocycles. The van der Waals surface area contributed by atoms with Crippen molar-refractivity contribution in [3.63, 3.8) is 0 Å². The van der Waals surface area contributed by atoms with Gasteiger partial charge in [0.2, 0.25) is 0 Å². The molecule has 0 unspecified atom stereocenters. The lowest BCUT2D eigenvalue weighted by atomic mass is 9.86. The van der Waals surface area contributed by atoms with Gasteiger partial charge in [0, 0.05) is 37.8 Å². The van der Waals surface area contributed by atoms with E-state index in [2.05, 4.69) is 11.1 Å². The first kappa shape index (κ1) is 9.87. The summed E-state index contributed by atoms with van der Waals surface area (Å²) in [6, 6.07) is 8.14. The van der Waals surface area contributed by atoms with Crippen LogP contribution >= 0.6 is 0 Å². The molecule has 2 heterocycles. The minimum absolute atomic E-state index is 0.638. The number of benzene rings is 1. The Balaban J connectivity index is 2.03. The number of aromatic nitrogens is 1. The Morgan fingerprint density at radius 1 is 1.19 bits per heavy atom. The van der Waals surface area contributed by atoms with Crippen LogP contribution in [0.4, 0.5) is 0 Å². The van der Waals surface area contributed by atoms with Crippen LogP contribution in [0.3, 0.4) is 0 Å². The maximum absolute atomic E-state index is 10.5. The monoisotopic (exact) mass is 217 g/mol. The van der Waals surface area contributed by atoms with Crippen molar-refractivity contribution < 1.29 is 9.84 Å². The molecule has 0 amide bonds. The van der Waals surface area contributed by atoms with E-state index in [0.29, 0.717) is 26.1 Å². The Bertz CT molecular complexity index is 497. The maximum atomic E-state index is 10.5. The van der Waals surface area contributed by atoms with Gasteiger partial charge >= 0.3 is 0 Å². The molecule has 0 atom stereocenters. The Labute approximate surface area is 94.0 Å². The van der Waals surface area contributed by atoms with Crippen LogP contribution in [0.1, 0.15) is 18.4 Å². The Morgan fingerprint density at radius 2 is 2.00 bits per heavy atom. The van der Waals surface area contributed by atoms with Gasteiger partial charge in [-0.1, -0.05) is 12.1 Å². The van der Waals surface area contributed by atoms with Crippen LogP contribution in [0, 0.1) is 0 Å². The second-order valence-electron chi connectivity index (χ2n) is 4.42. The van der Waals surface area contributed by atoms with Gasteiger partial charge in [0.15, 0.2) is 0 Å². The highest BCUT2D eigenvalue weighted by molar-refractivity contribution is 5.80. The van der Waals surface area contributed by atoms with Crippen LogP contribution in [0.2, 0.25) is 0 Å². The summed E-state index contributed by atoms with van der Waals surface area (Å²) in [7, 11) is 0. The predicted molar refractivity (Wildman–Crippen MR) is 62.2 cm³/mol. The lowest BCUT2D eigenvalue weighted by molar-refractivity contribution is -0.0678. The number of aliphatic hydroxyl groups is 1. The average Bonchev–Trinajstić information content (AvgIpc) is 2.77. The third-order valence-electron chi connectivity index (χ3n) is 3.41. The van der Waals surface area contributed by atoms with Crippen molar-refractivity contribution >= 4 is 10.9 Å². The highest BCUT2D eigenvalue weighted by Crippen LogP contribution is 2.33. The van der Waals surface area contributed by atoms with Crippen LogP contribution in [-0.4, -0.2) is 23.3 Å². The van der Waals surface area contributed by atoms with Crippen molar-refractivity contribution in [1.82, 2.24) is 4.98 Å². The Kier molecular flexibility index (Phi) is 2.23. The van der Waals surface area contributed by atoms with Gasteiger partial charge in [-0.05, 0) is 23.1 Å². The first-order valence-corrected chi connectivity index (χ1v) is 5.66. The second kappa shape index (κ2) is 3.61. The summed E-state index contributed by atoms with van der Waals surface area (Å²) in [5, 5.41) is 11.7. The number of hydrogen-bond acceptors (Lipinski definition) is 2. The highest BCUT2D eigenvalue weighted by Gasteiger charge is 2.31. The van der Waals surface area contributed by atoms with Gasteiger partial charge in [0.05, 0.1) is 5.60 Å². The van der Waals surface area contributed by atoms with E-state index in [4.69, 9.17) is 4.74 Å². The third-order valence-corrected chi connectivity index (χ3v) is 3.41. The molecule has 0 radical (unpaired) electrons. The molecule has 0 aliphatic carbocycles. The van der Waals surface area contributed by atoms with Gasteiger partial charge in [-0.3, -0.25) is 0 Å². The maximum Gasteiger partial charge on any atom is 0.0941 e. The Hall–Kier alpha value is -1.32. The lowest BCUT2D eigenvalue weighted by Gasteiger charge is -2.32. The zero-order valence-corrected chi connectivity index (χ0v) is 9.07. The summed E-state index contributed by atoms with van der Waals surface area (Å²) in [4.78, 5) is 3.17. The summed E-state index contributed by atoms with van der Waals surface area (Å²) in [5.41, 5.74) is 1.36. The molecule has 16 heavy (non-hydrogen) atoms. The van der Waals surface area contributed by atoms with Crippen LogP contribution in [0.25, 0.3) is 10.9 Å². The molecule has 2 N–H and O–H groups in total. The smallest absolute Gasteiger partial charge is 0.0941 e. The molecule has 3 rings (SSSR count). The zero-order valence-electron chi connectivity index (χ0n) is 9.07. The molecule has 3 heteroatoms. The van der Waals surface area contributed by atoms with Gasteiger partial charge in [0.1, 0.15) is 0 Å². The number of hydrogen-bond donors (Lipinski definition) is 2. The first-order valence-electron chi connectivity index (χ1n) is 5.66. The molecule has 1 aromatic carbocycles. The van der Waals surface area contributed by atoms with E-state index < -0.39 is 5.60 Å². The standard InChI is InChI=1S/C13H15NO2/c15-13(4-7-16-8-5-13)11-2-1-10-3-6-14-12(10)9-11/h1-3,6,9,14-15H,4-5,7-8H2. The largest absolute Gasteiger partial charge is 0.385 e. The molecular formula is C13H15NO2. The fourth-order valence-corrected chi connectivity index (χ4v) is 2.34. The van der Waals surface area contributed by atoms with Crippen molar-refractivity contribution in [3.05, 3.63) is 36.0 Å². The quantitative estimate of drug-likeness (QED) is 0.769. The van der Waals surface area contributed by atoms with Gasteiger partial charge < -0.3 is 14.8 Å². The summed E-state index contributed by atoms with van der Waals surface area (Å²) in [6.45, 7) is 1.28. The molecule has 1 aromatic heterocycles. The van der Waals surface area contributed by atoms with Crippen molar-refractivity contribution in [2.45, 2.75) is 18.4 Å². The van der Waals surface area contributed by atoms with Crippen molar-refractivity contribution in [2.75, 3.05) is 13.2 Å². The molecule has 0 saturated carbocycles. The van der Waals surface area contributed by atoms with Gasteiger partial charge in [-0.25, -0.2) is 0 Å². The SMILES string of the molecule is OC1(c2ccc3cc[nH]c3c2)CCOCC1. The van der Waals surface area contributed by atoms with E-state index >= 15 is 0 Å². The van der Waals surface area contributed by atoms with Gasteiger partial charge in [0.25, 0.3) is 0 Å². The number of aromatic amines is 1. The van der Waals surface area contributed by atoms with E-state index in [1.807, 2.05) is 24.4 Å². The molecule has 1 fully saturated rings. The van der Waals surface area contributed by atoms with Crippen molar-refractivity contribution in [3.8, 4) is 0 Å². The van der Waals surface area contributed by atoms with Crippen LogP contribution in [0.15, 0.2) is 30.5 Å².